The Balaban J connectivity index is 4.82. The molecular weight excluding hydrogens is 259 g/mol. The highest BCUT2D eigenvalue weighted by Crippen LogP contribution is 2.26. The lowest BCUT2D eigenvalue weighted by Crippen LogP contribution is -2.49. The summed E-state index contributed by atoms with van der Waals surface area (Å²) in [6.07, 6.45) is -8.53. The van der Waals surface area contributed by atoms with Gasteiger partial charge in [0.15, 0.2) is 12.0 Å². The van der Waals surface area contributed by atoms with Crippen LogP contribution in [0.25, 0.3) is 0 Å². The third-order valence-electron chi connectivity index (χ3n) is 1.66. The van der Waals surface area contributed by atoms with E-state index in [2.05, 4.69) is 4.84 Å². The molecule has 0 fully saturated rings. The van der Waals surface area contributed by atoms with Crippen LogP contribution in [0, 0.1) is 5.92 Å². The molecular formula is C9H14F3NO5. The molecule has 0 aliphatic rings. The number of carboxylic acid groups (broad SMARTS) is 1. The van der Waals surface area contributed by atoms with E-state index in [9.17, 15) is 22.8 Å². The van der Waals surface area contributed by atoms with Crippen LogP contribution in [0.4, 0.5) is 13.2 Å². The smallest absolute Gasteiger partial charge is 0.415 e. The summed E-state index contributed by atoms with van der Waals surface area (Å²) in [5, 5.41) is 17.3. The summed E-state index contributed by atoms with van der Waals surface area (Å²) >= 11 is 0. The van der Waals surface area contributed by atoms with Crippen LogP contribution in [0.5, 0.6) is 0 Å². The first-order valence-corrected chi connectivity index (χ1v) is 4.81. The fourth-order valence-corrected chi connectivity index (χ4v) is 0.846. The van der Waals surface area contributed by atoms with Crippen LogP contribution < -0.4 is 5.48 Å². The molecule has 9 heteroatoms. The fourth-order valence-electron chi connectivity index (χ4n) is 0.846. The van der Waals surface area contributed by atoms with Gasteiger partial charge in [-0.2, -0.15) is 13.2 Å². The van der Waals surface area contributed by atoms with Gasteiger partial charge in [0.25, 0.3) is 5.91 Å². The number of rotatable bonds is 4. The lowest BCUT2D eigenvalue weighted by atomic mass is 10.0. The number of carbonyl (C=O) groups is 2. The van der Waals surface area contributed by atoms with E-state index >= 15 is 0 Å². The summed E-state index contributed by atoms with van der Waals surface area (Å²) < 4.78 is 36.5. The number of hydrogen-bond donors (Lipinski definition) is 3. The van der Waals surface area contributed by atoms with Gasteiger partial charge < -0.3 is 10.2 Å². The van der Waals surface area contributed by atoms with Crippen molar-refractivity contribution in [2.24, 2.45) is 5.92 Å². The second-order valence-corrected chi connectivity index (χ2v) is 4.48. The van der Waals surface area contributed by atoms with Gasteiger partial charge in [-0.3, -0.25) is 14.4 Å². The number of carbonyl (C=O) groups excluding carboxylic acids is 1. The van der Waals surface area contributed by atoms with Crippen LogP contribution in [0.1, 0.15) is 20.8 Å². The second kappa shape index (κ2) is 5.53. The maximum Gasteiger partial charge on any atom is 0.415 e. The summed E-state index contributed by atoms with van der Waals surface area (Å²) in [4.78, 5) is 26.5. The maximum atomic E-state index is 12.2. The molecule has 3 N–H and O–H groups in total. The van der Waals surface area contributed by atoms with Crippen LogP contribution in [-0.2, 0) is 14.4 Å². The van der Waals surface area contributed by atoms with Crippen LogP contribution in [0.3, 0.4) is 0 Å². The number of alkyl halides is 3. The minimum Gasteiger partial charge on any atom is -0.481 e. The molecule has 0 aromatic rings. The predicted molar refractivity (Wildman–Crippen MR) is 52.2 cm³/mol. The Morgan fingerprint density at radius 1 is 1.22 bits per heavy atom. The lowest BCUT2D eigenvalue weighted by Gasteiger charge is -2.23. The van der Waals surface area contributed by atoms with E-state index in [-0.39, 0.29) is 0 Å². The topological polar surface area (TPSA) is 95.9 Å². The minimum absolute atomic E-state index is 0.915. The zero-order valence-electron chi connectivity index (χ0n) is 9.91. The number of aliphatic hydroxyl groups excluding tert-OH is 1. The van der Waals surface area contributed by atoms with Crippen LogP contribution in [0.15, 0.2) is 0 Å². The van der Waals surface area contributed by atoms with Crippen molar-refractivity contribution in [3.05, 3.63) is 0 Å². The maximum absolute atomic E-state index is 12.2. The molecule has 0 aromatic carbocycles. The second-order valence-electron chi connectivity index (χ2n) is 4.48. The number of halogens is 3. The summed E-state index contributed by atoms with van der Waals surface area (Å²) in [7, 11) is 0. The fraction of sp³-hybridized carbons (Fsp3) is 0.778. The third kappa shape index (κ3) is 5.32. The minimum atomic E-state index is -5.22. The molecule has 0 aliphatic carbocycles. The van der Waals surface area contributed by atoms with Crippen LogP contribution in [0.2, 0.25) is 0 Å². The number of carboxylic acids is 1. The Bertz CT molecular complexity index is 323. The standard InChI is InChI=1S/C9H14F3NO5/c1-8(2,3)18-13-6(15)4(7(16)17)5(14)9(10,11)12/h4-5,14H,1-3H3,(H,13,15)(H,16,17). The van der Waals surface area contributed by atoms with Crippen molar-refractivity contribution >= 4 is 11.9 Å². The zero-order chi connectivity index (χ0) is 14.7. The van der Waals surface area contributed by atoms with E-state index in [1.165, 1.54) is 20.8 Å². The number of aliphatic hydroxyl groups is 1. The molecule has 18 heavy (non-hydrogen) atoms. The van der Waals surface area contributed by atoms with Gasteiger partial charge in [-0.15, -0.1) is 0 Å². The highest BCUT2D eigenvalue weighted by Gasteiger charge is 2.50. The Kier molecular flexibility index (Phi) is 5.11. The molecule has 0 saturated heterocycles. The number of nitrogens with one attached hydrogen (secondary N) is 1. The Labute approximate surface area is 101 Å². The van der Waals surface area contributed by atoms with Crippen molar-refractivity contribution in [2.75, 3.05) is 0 Å². The van der Waals surface area contributed by atoms with Gasteiger partial charge in [-0.1, -0.05) is 0 Å². The van der Waals surface area contributed by atoms with Crippen molar-refractivity contribution in [1.29, 1.82) is 0 Å². The van der Waals surface area contributed by atoms with Gasteiger partial charge in [0, 0.05) is 0 Å². The number of amides is 1. The molecule has 0 rings (SSSR count). The predicted octanol–water partition coefficient (Wildman–Crippen LogP) is 0.457. The average Bonchev–Trinajstić information content (AvgIpc) is 2.11. The van der Waals surface area contributed by atoms with E-state index in [0.717, 1.165) is 0 Å². The number of hydroxylamine groups is 1. The van der Waals surface area contributed by atoms with E-state index in [1.807, 2.05) is 0 Å². The molecule has 2 atom stereocenters. The molecule has 0 saturated carbocycles. The summed E-state index contributed by atoms with van der Waals surface area (Å²) in [6, 6.07) is 0. The Morgan fingerprint density at radius 3 is 1.94 bits per heavy atom. The lowest BCUT2D eigenvalue weighted by molar-refractivity contribution is -0.225. The molecule has 6 nitrogen and oxygen atoms in total. The van der Waals surface area contributed by atoms with Crippen molar-refractivity contribution in [1.82, 2.24) is 5.48 Å². The van der Waals surface area contributed by atoms with E-state index in [0.29, 0.717) is 0 Å². The molecule has 0 spiro atoms. The van der Waals surface area contributed by atoms with Crippen molar-refractivity contribution < 1.29 is 37.8 Å². The molecule has 2 unspecified atom stereocenters. The quantitative estimate of drug-likeness (QED) is 0.510. The summed E-state index contributed by atoms with van der Waals surface area (Å²) in [5.74, 6) is -6.37. The average molecular weight is 273 g/mol. The zero-order valence-corrected chi connectivity index (χ0v) is 9.91. The highest BCUT2D eigenvalue weighted by molar-refractivity contribution is 5.97. The molecule has 0 aromatic heterocycles. The SMILES string of the molecule is CC(C)(C)ONC(=O)C(C(=O)O)C(O)C(F)(F)F. The molecule has 0 radical (unpaired) electrons. The Hall–Kier alpha value is -1.35. The number of aliphatic carboxylic acids is 1. The van der Waals surface area contributed by atoms with E-state index in [1.54, 1.807) is 5.48 Å². The Morgan fingerprint density at radius 2 is 1.67 bits per heavy atom. The summed E-state index contributed by atoms with van der Waals surface area (Å²) in [6.45, 7) is 4.47. The first kappa shape index (κ1) is 16.6. The van der Waals surface area contributed by atoms with Gasteiger partial charge in [-0.05, 0) is 20.8 Å². The van der Waals surface area contributed by atoms with Crippen LogP contribution >= 0.6 is 0 Å². The first-order chi connectivity index (χ1) is 7.86. The highest BCUT2D eigenvalue weighted by atomic mass is 19.4. The molecule has 0 heterocycles. The monoisotopic (exact) mass is 273 g/mol. The normalized spacial score (nSPS) is 15.9. The molecule has 106 valence electrons. The van der Waals surface area contributed by atoms with Gasteiger partial charge in [0.05, 0.1) is 5.60 Å². The molecule has 1 amide bonds. The van der Waals surface area contributed by atoms with E-state index < -0.39 is 35.7 Å². The van der Waals surface area contributed by atoms with E-state index in [4.69, 9.17) is 10.2 Å². The van der Waals surface area contributed by atoms with Crippen LogP contribution in [-0.4, -0.2) is 40.0 Å². The molecule has 0 aliphatic heterocycles. The van der Waals surface area contributed by atoms with Crippen molar-refractivity contribution in [3.8, 4) is 0 Å². The van der Waals surface area contributed by atoms with Gasteiger partial charge in [-0.25, -0.2) is 5.48 Å². The van der Waals surface area contributed by atoms with Crippen molar-refractivity contribution in [2.45, 2.75) is 38.7 Å². The van der Waals surface area contributed by atoms with Gasteiger partial charge in [0.1, 0.15) is 0 Å². The van der Waals surface area contributed by atoms with Gasteiger partial charge >= 0.3 is 12.1 Å². The first-order valence-electron chi connectivity index (χ1n) is 4.81. The molecule has 0 bridgehead atoms. The summed E-state index contributed by atoms with van der Waals surface area (Å²) in [5.41, 5.74) is 0.662. The number of hydrogen-bond acceptors (Lipinski definition) is 4. The van der Waals surface area contributed by atoms with Crippen molar-refractivity contribution in [3.63, 3.8) is 0 Å². The third-order valence-corrected chi connectivity index (χ3v) is 1.66. The largest absolute Gasteiger partial charge is 0.481 e. The van der Waals surface area contributed by atoms with Gasteiger partial charge in [0.2, 0.25) is 0 Å².